The number of unbranched alkanes of at least 4 members (excludes halogenated alkanes) is 11. The van der Waals surface area contributed by atoms with Gasteiger partial charge in [-0.1, -0.05) is 127 Å². The van der Waals surface area contributed by atoms with Gasteiger partial charge in [0.15, 0.2) is 6.29 Å². The summed E-state index contributed by atoms with van der Waals surface area (Å²) in [7, 11) is 0. The van der Waals surface area contributed by atoms with Crippen LogP contribution in [0.1, 0.15) is 128 Å². The summed E-state index contributed by atoms with van der Waals surface area (Å²) in [5, 5.41) is 65.7. The van der Waals surface area contributed by atoms with Crippen molar-refractivity contribution in [3.63, 3.8) is 0 Å². The lowest BCUT2D eigenvalue weighted by Crippen LogP contribution is -2.60. The van der Waals surface area contributed by atoms with Crippen LogP contribution in [0.4, 0.5) is 0 Å². The van der Waals surface area contributed by atoms with E-state index in [1.54, 1.807) is 0 Å². The molecule has 0 aromatic heterocycles. The molecule has 47 heavy (non-hydrogen) atoms. The van der Waals surface area contributed by atoms with Crippen LogP contribution in [0.15, 0.2) is 30.3 Å². The van der Waals surface area contributed by atoms with E-state index in [1.807, 2.05) is 30.3 Å². The fourth-order valence-electron chi connectivity index (χ4n) is 7.12. The first kappa shape index (κ1) is 39.8. The standard InChI is InChI=1S/C37H63NO9/c1-2-3-4-5-6-7-8-9-10-11-12-16-23-29(40)32(41)28(25-46-37-35(44)34(43)33(42)30(24-39)47-37)38-36(45)31(27-21-17-18-22-27)26-19-14-13-15-20-26/h13-15,19-20,27-35,37,39-44H,2-12,16-18,21-25H2,1H3,(H,38,45). The molecule has 1 saturated heterocycles. The summed E-state index contributed by atoms with van der Waals surface area (Å²) in [4.78, 5) is 13.9. The number of aliphatic hydroxyl groups is 6. The molecule has 1 aliphatic heterocycles. The Labute approximate surface area is 281 Å². The number of carbonyl (C=O) groups excluding carboxylic acids is 1. The highest BCUT2D eigenvalue weighted by atomic mass is 16.7. The fraction of sp³-hybridized carbons (Fsp3) is 0.811. The average Bonchev–Trinajstić information content (AvgIpc) is 3.61. The number of rotatable bonds is 23. The van der Waals surface area contributed by atoms with Crippen LogP contribution in [0, 0.1) is 5.92 Å². The quantitative estimate of drug-likeness (QED) is 0.0852. The van der Waals surface area contributed by atoms with Crippen molar-refractivity contribution in [3.8, 4) is 0 Å². The molecule has 1 amide bonds. The van der Waals surface area contributed by atoms with Gasteiger partial charge < -0.3 is 45.4 Å². The van der Waals surface area contributed by atoms with Gasteiger partial charge in [0.2, 0.25) is 5.91 Å². The molecule has 2 fully saturated rings. The molecular weight excluding hydrogens is 602 g/mol. The highest BCUT2D eigenvalue weighted by Crippen LogP contribution is 2.37. The van der Waals surface area contributed by atoms with E-state index >= 15 is 0 Å². The van der Waals surface area contributed by atoms with Crippen molar-refractivity contribution < 1.29 is 44.9 Å². The molecule has 9 atom stereocenters. The number of nitrogens with one attached hydrogen (secondary N) is 1. The van der Waals surface area contributed by atoms with Gasteiger partial charge in [0.25, 0.3) is 0 Å². The van der Waals surface area contributed by atoms with Gasteiger partial charge in [-0.3, -0.25) is 4.79 Å². The van der Waals surface area contributed by atoms with Crippen molar-refractivity contribution in [2.45, 2.75) is 171 Å². The molecule has 1 heterocycles. The molecule has 10 nitrogen and oxygen atoms in total. The first-order chi connectivity index (χ1) is 22.8. The topological polar surface area (TPSA) is 169 Å². The molecule has 1 aliphatic carbocycles. The van der Waals surface area contributed by atoms with Crippen LogP contribution < -0.4 is 5.32 Å². The van der Waals surface area contributed by atoms with Crippen LogP contribution in [0.3, 0.4) is 0 Å². The van der Waals surface area contributed by atoms with E-state index in [0.29, 0.717) is 6.42 Å². The molecule has 0 radical (unpaired) electrons. The number of aliphatic hydroxyl groups excluding tert-OH is 6. The number of ether oxygens (including phenoxy) is 2. The minimum atomic E-state index is -1.62. The number of carbonyl (C=O) groups is 1. The molecule has 270 valence electrons. The molecular formula is C37H63NO9. The van der Waals surface area contributed by atoms with Crippen LogP contribution in [0.5, 0.6) is 0 Å². The third kappa shape index (κ3) is 13.0. The Morgan fingerprint density at radius 1 is 0.851 bits per heavy atom. The molecule has 10 heteroatoms. The third-order valence-corrected chi connectivity index (χ3v) is 10.1. The monoisotopic (exact) mass is 665 g/mol. The minimum Gasteiger partial charge on any atom is -0.394 e. The van der Waals surface area contributed by atoms with Crippen LogP contribution in [0.2, 0.25) is 0 Å². The molecule has 7 N–H and O–H groups in total. The van der Waals surface area contributed by atoms with Crippen LogP contribution in [-0.2, 0) is 14.3 Å². The molecule has 0 bridgehead atoms. The highest BCUT2D eigenvalue weighted by Gasteiger charge is 2.45. The predicted octanol–water partition coefficient (Wildman–Crippen LogP) is 4.07. The molecule has 1 aromatic carbocycles. The zero-order valence-corrected chi connectivity index (χ0v) is 28.5. The van der Waals surface area contributed by atoms with Crippen molar-refractivity contribution in [1.29, 1.82) is 0 Å². The Bertz CT molecular complexity index is 960. The van der Waals surface area contributed by atoms with Crippen LogP contribution >= 0.6 is 0 Å². The summed E-state index contributed by atoms with van der Waals surface area (Å²) in [6.45, 7) is 1.29. The Balaban J connectivity index is 1.57. The van der Waals surface area contributed by atoms with Gasteiger partial charge in [-0.25, -0.2) is 0 Å². The summed E-state index contributed by atoms with van der Waals surface area (Å²) in [6, 6.07) is 8.52. The Morgan fingerprint density at radius 3 is 2.00 bits per heavy atom. The largest absolute Gasteiger partial charge is 0.394 e. The van der Waals surface area contributed by atoms with Gasteiger partial charge in [0.05, 0.1) is 31.3 Å². The summed E-state index contributed by atoms with van der Waals surface area (Å²) >= 11 is 0. The van der Waals surface area contributed by atoms with E-state index in [1.165, 1.54) is 51.4 Å². The van der Waals surface area contributed by atoms with Gasteiger partial charge in [-0.15, -0.1) is 0 Å². The summed E-state index contributed by atoms with van der Waals surface area (Å²) in [5.74, 6) is -0.566. The lowest BCUT2D eigenvalue weighted by Gasteiger charge is -2.40. The average molecular weight is 666 g/mol. The van der Waals surface area contributed by atoms with E-state index in [2.05, 4.69) is 12.2 Å². The summed E-state index contributed by atoms with van der Waals surface area (Å²) < 4.78 is 11.3. The van der Waals surface area contributed by atoms with Gasteiger partial charge in [0.1, 0.15) is 30.5 Å². The molecule has 0 spiro atoms. The van der Waals surface area contributed by atoms with Crippen molar-refractivity contribution >= 4 is 5.91 Å². The number of benzene rings is 1. The summed E-state index contributed by atoms with van der Waals surface area (Å²) in [5.41, 5.74) is 0.886. The normalized spacial score (nSPS) is 26.1. The maximum Gasteiger partial charge on any atom is 0.228 e. The van der Waals surface area contributed by atoms with Gasteiger partial charge in [-0.05, 0) is 30.7 Å². The SMILES string of the molecule is CCCCCCCCCCCCCCC(O)C(O)C(COC1OC(CO)C(O)C(O)C1O)NC(=O)C(c1ccccc1)C1CCCC1. The van der Waals surface area contributed by atoms with Gasteiger partial charge >= 0.3 is 0 Å². The zero-order valence-electron chi connectivity index (χ0n) is 28.5. The highest BCUT2D eigenvalue weighted by molar-refractivity contribution is 5.84. The second-order valence-electron chi connectivity index (χ2n) is 13.8. The number of hydrogen-bond donors (Lipinski definition) is 7. The van der Waals surface area contributed by atoms with Crippen molar-refractivity contribution in [1.82, 2.24) is 5.32 Å². The smallest absolute Gasteiger partial charge is 0.228 e. The van der Waals surface area contributed by atoms with Crippen molar-refractivity contribution in [2.24, 2.45) is 5.92 Å². The first-order valence-electron chi connectivity index (χ1n) is 18.4. The van der Waals surface area contributed by atoms with E-state index in [4.69, 9.17) is 9.47 Å². The number of amides is 1. The second kappa shape index (κ2) is 22.2. The molecule has 3 rings (SSSR count). The lowest BCUT2D eigenvalue weighted by molar-refractivity contribution is -0.303. The van der Waals surface area contributed by atoms with Crippen molar-refractivity contribution in [3.05, 3.63) is 35.9 Å². The molecule has 2 aliphatic rings. The zero-order chi connectivity index (χ0) is 34.0. The predicted molar refractivity (Wildman–Crippen MR) is 180 cm³/mol. The third-order valence-electron chi connectivity index (χ3n) is 10.1. The van der Waals surface area contributed by atoms with E-state index in [0.717, 1.165) is 56.9 Å². The van der Waals surface area contributed by atoms with E-state index in [-0.39, 0.29) is 18.4 Å². The van der Waals surface area contributed by atoms with Crippen molar-refractivity contribution in [2.75, 3.05) is 13.2 Å². The van der Waals surface area contributed by atoms with E-state index < -0.39 is 61.5 Å². The Hall–Kier alpha value is -1.63. The molecule has 9 unspecified atom stereocenters. The lowest BCUT2D eigenvalue weighted by atomic mass is 9.83. The minimum absolute atomic E-state index is 0.146. The fourth-order valence-corrected chi connectivity index (χ4v) is 7.12. The Morgan fingerprint density at radius 2 is 1.43 bits per heavy atom. The second-order valence-corrected chi connectivity index (χ2v) is 13.8. The van der Waals surface area contributed by atoms with Crippen LogP contribution in [0.25, 0.3) is 0 Å². The maximum absolute atomic E-state index is 13.9. The molecule has 1 aromatic rings. The van der Waals surface area contributed by atoms with Gasteiger partial charge in [-0.2, -0.15) is 0 Å². The molecule has 1 saturated carbocycles. The number of hydrogen-bond acceptors (Lipinski definition) is 9. The van der Waals surface area contributed by atoms with E-state index in [9.17, 15) is 35.4 Å². The van der Waals surface area contributed by atoms with Crippen LogP contribution in [-0.4, -0.2) is 98.7 Å². The Kier molecular flexibility index (Phi) is 18.8. The maximum atomic E-state index is 13.9. The first-order valence-corrected chi connectivity index (χ1v) is 18.4. The summed E-state index contributed by atoms with van der Waals surface area (Å²) in [6.07, 6.45) is 8.68. The van der Waals surface area contributed by atoms with Gasteiger partial charge in [0, 0.05) is 0 Å².